The number of hydrogen-bond donors (Lipinski definition) is 3. The molecule has 0 radical (unpaired) electrons. The molecule has 1 aromatic heterocycles. The summed E-state index contributed by atoms with van der Waals surface area (Å²) in [5.74, 6) is 0. The van der Waals surface area contributed by atoms with Gasteiger partial charge in [0.25, 0.3) is 10.0 Å². The SMILES string of the molecule is CNCc1cn[nH]c1S(=O)(=O)NCC1CCCCN1C. The number of piperidine rings is 1. The maximum absolute atomic E-state index is 12.3. The fourth-order valence-electron chi connectivity index (χ4n) is 2.53. The molecule has 1 atom stereocenters. The maximum atomic E-state index is 12.3. The molecule has 114 valence electrons. The molecule has 7 nitrogen and oxygen atoms in total. The van der Waals surface area contributed by atoms with Crippen LogP contribution >= 0.6 is 0 Å². The summed E-state index contributed by atoms with van der Waals surface area (Å²) in [6, 6.07) is 0.272. The van der Waals surface area contributed by atoms with E-state index in [0.29, 0.717) is 18.7 Å². The number of hydrogen-bond acceptors (Lipinski definition) is 5. The van der Waals surface area contributed by atoms with E-state index in [-0.39, 0.29) is 11.1 Å². The van der Waals surface area contributed by atoms with E-state index in [1.165, 1.54) is 12.6 Å². The summed E-state index contributed by atoms with van der Waals surface area (Å²) in [6.07, 6.45) is 4.92. The Balaban J connectivity index is 2.01. The van der Waals surface area contributed by atoms with Crippen LogP contribution in [-0.4, -0.2) is 56.7 Å². The van der Waals surface area contributed by atoms with Crippen LogP contribution in [0, 0.1) is 0 Å². The van der Waals surface area contributed by atoms with Crippen molar-refractivity contribution < 1.29 is 8.42 Å². The zero-order valence-electron chi connectivity index (χ0n) is 12.0. The van der Waals surface area contributed by atoms with Crippen molar-refractivity contribution in [3.05, 3.63) is 11.8 Å². The highest BCUT2D eigenvalue weighted by Gasteiger charge is 2.24. The smallest absolute Gasteiger partial charge is 0.257 e. The molecule has 0 bridgehead atoms. The monoisotopic (exact) mass is 301 g/mol. The molecule has 1 unspecified atom stereocenters. The van der Waals surface area contributed by atoms with Crippen LogP contribution in [0.25, 0.3) is 0 Å². The van der Waals surface area contributed by atoms with Gasteiger partial charge in [0.1, 0.15) is 0 Å². The molecular weight excluding hydrogens is 278 g/mol. The summed E-state index contributed by atoms with van der Waals surface area (Å²) < 4.78 is 27.3. The summed E-state index contributed by atoms with van der Waals surface area (Å²) in [4.78, 5) is 2.22. The first kappa shape index (κ1) is 15.4. The Kier molecular flexibility index (Phi) is 5.14. The second kappa shape index (κ2) is 6.66. The number of aromatic amines is 1. The van der Waals surface area contributed by atoms with Crippen molar-refractivity contribution in [1.82, 2.24) is 25.1 Å². The van der Waals surface area contributed by atoms with E-state index in [2.05, 4.69) is 25.1 Å². The first-order valence-corrected chi connectivity index (χ1v) is 8.39. The number of nitrogens with zero attached hydrogens (tertiary/aromatic N) is 2. The van der Waals surface area contributed by atoms with Gasteiger partial charge in [-0.25, -0.2) is 13.1 Å². The largest absolute Gasteiger partial charge is 0.316 e. The minimum atomic E-state index is -3.53. The van der Waals surface area contributed by atoms with Gasteiger partial charge >= 0.3 is 0 Å². The van der Waals surface area contributed by atoms with Gasteiger partial charge < -0.3 is 10.2 Å². The molecule has 1 fully saturated rings. The average Bonchev–Trinajstić information content (AvgIpc) is 2.87. The normalized spacial score (nSPS) is 21.2. The van der Waals surface area contributed by atoms with Crippen LogP contribution in [0.4, 0.5) is 0 Å². The van der Waals surface area contributed by atoms with Gasteiger partial charge in [0.2, 0.25) is 0 Å². The minimum Gasteiger partial charge on any atom is -0.316 e. The summed E-state index contributed by atoms with van der Waals surface area (Å²) in [5, 5.41) is 9.49. The van der Waals surface area contributed by atoms with Crippen LogP contribution in [0.3, 0.4) is 0 Å². The van der Waals surface area contributed by atoms with Gasteiger partial charge in [0.15, 0.2) is 5.03 Å². The zero-order chi connectivity index (χ0) is 14.6. The van der Waals surface area contributed by atoms with E-state index in [1.807, 2.05) is 7.05 Å². The number of rotatable bonds is 6. The molecule has 20 heavy (non-hydrogen) atoms. The standard InChI is InChI=1S/C12H23N5O2S/c1-13-7-10-8-14-16-12(10)20(18,19)15-9-11-5-3-4-6-17(11)2/h8,11,13,15H,3-7,9H2,1-2H3,(H,14,16). The average molecular weight is 301 g/mol. The molecule has 0 aromatic carbocycles. The Morgan fingerprint density at radius 1 is 1.50 bits per heavy atom. The van der Waals surface area contributed by atoms with Crippen LogP contribution in [0.1, 0.15) is 24.8 Å². The van der Waals surface area contributed by atoms with E-state index < -0.39 is 10.0 Å². The van der Waals surface area contributed by atoms with Gasteiger partial charge in [-0.2, -0.15) is 5.10 Å². The Labute approximate surface area is 120 Å². The lowest BCUT2D eigenvalue weighted by atomic mass is 10.0. The van der Waals surface area contributed by atoms with E-state index >= 15 is 0 Å². The van der Waals surface area contributed by atoms with Crippen molar-refractivity contribution in [2.75, 3.05) is 27.2 Å². The summed E-state index contributed by atoms with van der Waals surface area (Å²) in [6.45, 7) is 1.94. The lowest BCUT2D eigenvalue weighted by Crippen LogP contribution is -2.44. The Morgan fingerprint density at radius 2 is 2.30 bits per heavy atom. The predicted molar refractivity (Wildman–Crippen MR) is 76.8 cm³/mol. The van der Waals surface area contributed by atoms with Crippen molar-refractivity contribution in [1.29, 1.82) is 0 Å². The molecule has 8 heteroatoms. The third-order valence-electron chi connectivity index (χ3n) is 3.74. The highest BCUT2D eigenvalue weighted by molar-refractivity contribution is 7.89. The number of aromatic nitrogens is 2. The fraction of sp³-hybridized carbons (Fsp3) is 0.750. The van der Waals surface area contributed by atoms with Gasteiger partial charge in [-0.15, -0.1) is 0 Å². The first-order chi connectivity index (χ1) is 9.54. The Bertz CT molecular complexity index is 528. The van der Waals surface area contributed by atoms with Crippen molar-refractivity contribution in [3.8, 4) is 0 Å². The number of nitrogens with one attached hydrogen (secondary N) is 3. The molecule has 0 amide bonds. The van der Waals surface area contributed by atoms with E-state index in [9.17, 15) is 8.42 Å². The van der Waals surface area contributed by atoms with Crippen molar-refractivity contribution in [3.63, 3.8) is 0 Å². The molecule has 2 rings (SSSR count). The molecule has 0 spiro atoms. The molecule has 1 saturated heterocycles. The second-order valence-corrected chi connectivity index (χ2v) is 6.94. The number of sulfonamides is 1. The number of likely N-dealkylation sites (N-methyl/N-ethyl adjacent to an activating group) is 1. The van der Waals surface area contributed by atoms with Crippen LogP contribution < -0.4 is 10.0 Å². The van der Waals surface area contributed by atoms with Crippen LogP contribution in [0.5, 0.6) is 0 Å². The lowest BCUT2D eigenvalue weighted by molar-refractivity contribution is 0.187. The fourth-order valence-corrected chi connectivity index (χ4v) is 3.73. The Morgan fingerprint density at radius 3 is 3.00 bits per heavy atom. The van der Waals surface area contributed by atoms with Gasteiger partial charge in [0, 0.05) is 24.7 Å². The highest BCUT2D eigenvalue weighted by atomic mass is 32.2. The van der Waals surface area contributed by atoms with E-state index in [1.54, 1.807) is 7.05 Å². The van der Waals surface area contributed by atoms with E-state index in [4.69, 9.17) is 0 Å². The summed E-state index contributed by atoms with van der Waals surface area (Å²) in [7, 11) is 0.287. The molecule has 0 aliphatic carbocycles. The Hall–Kier alpha value is -0.960. The second-order valence-electron chi connectivity index (χ2n) is 5.24. The number of likely N-dealkylation sites (tertiary alicyclic amines) is 1. The number of H-pyrrole nitrogens is 1. The molecule has 1 aliphatic heterocycles. The molecule has 2 heterocycles. The molecule has 1 aromatic rings. The third kappa shape index (κ3) is 3.57. The summed E-state index contributed by atoms with van der Waals surface area (Å²) >= 11 is 0. The predicted octanol–water partition coefficient (Wildman–Crippen LogP) is -0.108. The van der Waals surface area contributed by atoms with Gasteiger partial charge in [-0.1, -0.05) is 6.42 Å². The maximum Gasteiger partial charge on any atom is 0.257 e. The first-order valence-electron chi connectivity index (χ1n) is 6.91. The van der Waals surface area contributed by atoms with Crippen molar-refractivity contribution >= 4 is 10.0 Å². The van der Waals surface area contributed by atoms with Crippen molar-refractivity contribution in [2.24, 2.45) is 0 Å². The topological polar surface area (TPSA) is 90.1 Å². The molecule has 0 saturated carbocycles. The van der Waals surface area contributed by atoms with Crippen LogP contribution in [0.2, 0.25) is 0 Å². The van der Waals surface area contributed by atoms with Crippen molar-refractivity contribution in [2.45, 2.75) is 36.9 Å². The summed E-state index contributed by atoms with van der Waals surface area (Å²) in [5.41, 5.74) is 0.650. The third-order valence-corrected chi connectivity index (χ3v) is 5.18. The lowest BCUT2D eigenvalue weighted by Gasteiger charge is -2.32. The van der Waals surface area contributed by atoms with Crippen LogP contribution in [0.15, 0.2) is 11.2 Å². The van der Waals surface area contributed by atoms with Gasteiger partial charge in [-0.05, 0) is 33.5 Å². The van der Waals surface area contributed by atoms with Gasteiger partial charge in [0.05, 0.1) is 6.20 Å². The van der Waals surface area contributed by atoms with E-state index in [0.717, 1.165) is 19.4 Å². The minimum absolute atomic E-state index is 0.158. The van der Waals surface area contributed by atoms with Crippen LogP contribution in [-0.2, 0) is 16.6 Å². The highest BCUT2D eigenvalue weighted by Crippen LogP contribution is 2.16. The van der Waals surface area contributed by atoms with Gasteiger partial charge in [-0.3, -0.25) is 5.10 Å². The quantitative estimate of drug-likeness (QED) is 0.682. The molecule has 1 aliphatic rings. The zero-order valence-corrected chi connectivity index (χ0v) is 12.8. The molecular formula is C12H23N5O2S. The molecule has 3 N–H and O–H groups in total.